The van der Waals surface area contributed by atoms with E-state index in [1.807, 2.05) is 45.2 Å². The summed E-state index contributed by atoms with van der Waals surface area (Å²) in [7, 11) is -2.91. The lowest BCUT2D eigenvalue weighted by Crippen LogP contribution is -2.72. The monoisotopic (exact) mass is 639 g/mol. The first-order chi connectivity index (χ1) is 21.4. The Hall–Kier alpha value is -3.26. The summed E-state index contributed by atoms with van der Waals surface area (Å²) in [6.07, 6.45) is 5.69. The fourth-order valence-electron chi connectivity index (χ4n) is 8.51. The highest BCUT2D eigenvalue weighted by Crippen LogP contribution is 2.59. The molecule has 15 heteroatoms. The van der Waals surface area contributed by atoms with Gasteiger partial charge in [0.15, 0.2) is 0 Å². The number of hydrogen-bond donors (Lipinski definition) is 0. The summed E-state index contributed by atoms with van der Waals surface area (Å²) in [6.45, 7) is 6.03. The summed E-state index contributed by atoms with van der Waals surface area (Å²) in [5.74, 6) is -4.40. The zero-order valence-electron chi connectivity index (χ0n) is 25.4. The van der Waals surface area contributed by atoms with Gasteiger partial charge in [0, 0.05) is 30.7 Å². The molecule has 14 nitrogen and oxygen atoms in total. The summed E-state index contributed by atoms with van der Waals surface area (Å²) in [5.41, 5.74) is 1.37. The molecule has 1 aliphatic carbocycles. The molecule has 0 N–H and O–H groups in total. The fourth-order valence-corrected chi connectivity index (χ4v) is 9.58. The molecule has 45 heavy (non-hydrogen) atoms. The van der Waals surface area contributed by atoms with E-state index in [0.717, 1.165) is 27.1 Å². The standard InChI is InChI=1S/C30H34N5O9P/c1-16(2)11-23-27(37)32-10-6-9-24(32)30-34(23)28(38)29(3,40-30)35-26(36)18-12-20-19-7-5-8-21-25(19)17(13-22(20)31(4)14-18)15-33(21)42-45(39,43-35)44-41-30/h5,7-8,12,15-16,18,22-24H,6,9-11,13-14H2,1-4H3. The first-order valence-corrected chi connectivity index (χ1v) is 17.0. The molecule has 7 atom stereocenters. The molecule has 10 bridgehead atoms. The summed E-state index contributed by atoms with van der Waals surface area (Å²) >= 11 is 0. The highest BCUT2D eigenvalue weighted by atomic mass is 31.2. The van der Waals surface area contributed by atoms with Gasteiger partial charge in [0.05, 0.1) is 11.4 Å². The van der Waals surface area contributed by atoms with Crippen LogP contribution in [-0.2, 0) is 44.3 Å². The molecular weight excluding hydrogens is 605 g/mol. The Bertz CT molecular complexity index is 1790. The number of hydroxylamine groups is 2. The van der Waals surface area contributed by atoms with Crippen molar-refractivity contribution in [1.29, 1.82) is 0 Å². The number of fused-ring (bicyclic) bond motifs is 6. The highest BCUT2D eigenvalue weighted by molar-refractivity contribution is 7.48. The minimum atomic E-state index is -4.87. The second-order valence-electron chi connectivity index (χ2n) is 13.7. The maximum Gasteiger partial charge on any atom is 0.599 e. The Morgan fingerprint density at radius 3 is 2.76 bits per heavy atom. The van der Waals surface area contributed by atoms with Gasteiger partial charge >= 0.3 is 13.7 Å². The van der Waals surface area contributed by atoms with Crippen molar-refractivity contribution >= 4 is 42.0 Å². The van der Waals surface area contributed by atoms with Crippen LogP contribution in [0.3, 0.4) is 0 Å². The zero-order chi connectivity index (χ0) is 31.2. The van der Waals surface area contributed by atoms with Gasteiger partial charge in [-0.1, -0.05) is 32.1 Å². The molecule has 1 aromatic carbocycles. The number of benzene rings is 1. The van der Waals surface area contributed by atoms with Crippen molar-refractivity contribution < 1.29 is 42.5 Å². The van der Waals surface area contributed by atoms with Gasteiger partial charge in [0.2, 0.25) is 11.6 Å². The van der Waals surface area contributed by atoms with Crippen molar-refractivity contribution in [3.63, 3.8) is 0 Å². The quantitative estimate of drug-likeness (QED) is 0.357. The number of nitrogens with zero attached hydrogens (tertiary/aromatic N) is 5. The first kappa shape index (κ1) is 28.0. The molecule has 9 rings (SSSR count). The third kappa shape index (κ3) is 3.52. The van der Waals surface area contributed by atoms with E-state index in [2.05, 4.69) is 4.90 Å². The zero-order valence-corrected chi connectivity index (χ0v) is 26.3. The Morgan fingerprint density at radius 1 is 1.13 bits per heavy atom. The van der Waals surface area contributed by atoms with Crippen LogP contribution in [0, 0.1) is 11.8 Å². The lowest BCUT2D eigenvalue weighted by molar-refractivity contribution is -0.469. The van der Waals surface area contributed by atoms with E-state index in [0.29, 0.717) is 44.3 Å². The van der Waals surface area contributed by atoms with Crippen LogP contribution >= 0.6 is 7.82 Å². The van der Waals surface area contributed by atoms with Gasteiger partial charge in [-0.15, -0.1) is 9.30 Å². The van der Waals surface area contributed by atoms with Gasteiger partial charge in [0.25, 0.3) is 11.8 Å². The normalized spacial score (nSPS) is 38.7. The minimum Gasteiger partial charge on any atom is -0.330 e. The molecule has 0 radical (unpaired) electrons. The van der Waals surface area contributed by atoms with Crippen molar-refractivity contribution in [2.24, 2.45) is 11.8 Å². The van der Waals surface area contributed by atoms with Gasteiger partial charge in [0.1, 0.15) is 12.1 Å². The third-order valence-electron chi connectivity index (χ3n) is 10.4. The number of rotatable bonds is 2. The van der Waals surface area contributed by atoms with Crippen molar-refractivity contribution in [3.05, 3.63) is 41.6 Å². The molecule has 7 unspecified atom stereocenters. The van der Waals surface area contributed by atoms with E-state index in [1.54, 1.807) is 11.1 Å². The number of amides is 3. The molecule has 4 saturated heterocycles. The minimum absolute atomic E-state index is 0.00598. The van der Waals surface area contributed by atoms with Crippen LogP contribution in [0.1, 0.15) is 51.2 Å². The van der Waals surface area contributed by atoms with Gasteiger partial charge < -0.3 is 9.52 Å². The van der Waals surface area contributed by atoms with Crippen LogP contribution in [0.15, 0.2) is 30.5 Å². The lowest BCUT2D eigenvalue weighted by atomic mass is 9.79. The molecule has 7 heterocycles. The molecule has 2 aromatic rings. The van der Waals surface area contributed by atoms with E-state index in [4.69, 9.17) is 23.5 Å². The molecule has 7 aliphatic rings. The number of aromatic nitrogens is 1. The fraction of sp³-hybridized carbons (Fsp3) is 0.567. The van der Waals surface area contributed by atoms with Crippen molar-refractivity contribution in [1.82, 2.24) is 24.5 Å². The smallest absolute Gasteiger partial charge is 0.330 e. The van der Waals surface area contributed by atoms with Crippen LogP contribution in [0.2, 0.25) is 0 Å². The molecule has 0 saturated carbocycles. The number of likely N-dealkylation sites (N-methyl/N-ethyl adjacent to an activating group) is 1. The Morgan fingerprint density at radius 2 is 1.96 bits per heavy atom. The molecule has 238 valence electrons. The number of phosphoric acid groups is 1. The maximum atomic E-state index is 14.7. The Labute approximate surface area is 258 Å². The molecule has 3 amide bonds. The largest absolute Gasteiger partial charge is 0.599 e. The van der Waals surface area contributed by atoms with Crippen LogP contribution in [0.4, 0.5) is 0 Å². The van der Waals surface area contributed by atoms with Crippen molar-refractivity contribution in [2.75, 3.05) is 20.1 Å². The second kappa shape index (κ2) is 8.96. The topological polar surface area (TPSA) is 132 Å². The molecule has 1 aromatic heterocycles. The van der Waals surface area contributed by atoms with Gasteiger partial charge in [-0.25, -0.2) is 4.57 Å². The summed E-state index contributed by atoms with van der Waals surface area (Å²) in [6, 6.07) is 3.97. The Kier molecular flexibility index (Phi) is 5.58. The SMILES string of the molecule is CC(C)CC1C(=O)N2CCCC2C23OOP4(=O)ON(C(=O)C5C=C6c7cccc8c7c(cn8O4)CC6N(C)C5)C(C)(O2)C(=O)N13. The van der Waals surface area contributed by atoms with E-state index in [-0.39, 0.29) is 17.9 Å². The third-order valence-corrected chi connectivity index (χ3v) is 11.4. The summed E-state index contributed by atoms with van der Waals surface area (Å²) < 4.78 is 40.2. The highest BCUT2D eigenvalue weighted by Gasteiger charge is 2.76. The van der Waals surface area contributed by atoms with E-state index in [9.17, 15) is 18.9 Å². The maximum absolute atomic E-state index is 14.7. The van der Waals surface area contributed by atoms with Gasteiger partial charge in [-0.3, -0.25) is 28.9 Å². The van der Waals surface area contributed by atoms with Crippen LogP contribution in [0.25, 0.3) is 16.5 Å². The van der Waals surface area contributed by atoms with Crippen LogP contribution < -0.4 is 4.62 Å². The van der Waals surface area contributed by atoms with Crippen LogP contribution in [-0.4, -0.2) is 92.1 Å². The average molecular weight is 640 g/mol. The molecule has 6 aliphatic heterocycles. The number of hydrogen-bond acceptors (Lipinski definition) is 10. The molecular formula is C30H34N5O9P. The van der Waals surface area contributed by atoms with Crippen molar-refractivity contribution in [2.45, 2.75) is 76.2 Å². The van der Waals surface area contributed by atoms with Gasteiger partial charge in [-0.2, -0.15) is 14.7 Å². The number of ether oxygens (including phenoxy) is 1. The van der Waals surface area contributed by atoms with E-state index in [1.165, 1.54) is 16.6 Å². The number of carbonyl (C=O) groups excluding carboxylic acids is 3. The second-order valence-corrected chi connectivity index (χ2v) is 15.1. The summed E-state index contributed by atoms with van der Waals surface area (Å²) in [5, 5.41) is 1.65. The van der Waals surface area contributed by atoms with E-state index < -0.39 is 49.3 Å². The predicted octanol–water partition coefficient (Wildman–Crippen LogP) is 2.43. The van der Waals surface area contributed by atoms with Crippen LogP contribution in [0.5, 0.6) is 0 Å². The molecule has 4 fully saturated rings. The van der Waals surface area contributed by atoms with Gasteiger partial charge in [-0.05, 0) is 68.3 Å². The predicted molar refractivity (Wildman–Crippen MR) is 155 cm³/mol. The summed E-state index contributed by atoms with van der Waals surface area (Å²) in [4.78, 5) is 54.2. The Balaban J connectivity index is 1.27. The lowest BCUT2D eigenvalue weighted by Gasteiger charge is -2.50. The average Bonchev–Trinajstić information content (AvgIpc) is 3.69. The van der Waals surface area contributed by atoms with Crippen molar-refractivity contribution in [3.8, 4) is 0 Å². The molecule has 1 spiro atoms. The number of piperazine rings is 1. The number of carbonyl (C=O) groups is 3. The van der Waals surface area contributed by atoms with E-state index >= 15 is 0 Å². The first-order valence-electron chi connectivity index (χ1n) is 15.5.